The molecule has 2 atom stereocenters. The third-order valence-electron chi connectivity index (χ3n) is 4.10. The molecule has 1 aromatic rings. The Balaban J connectivity index is 1.99. The highest BCUT2D eigenvalue weighted by molar-refractivity contribution is 5.56. The first-order chi connectivity index (χ1) is 7.66. The molecule has 1 aliphatic heterocycles. The van der Waals surface area contributed by atoms with Crippen molar-refractivity contribution in [3.63, 3.8) is 0 Å². The number of hydrogen-bond acceptors (Lipinski definition) is 1. The molecule has 0 radical (unpaired) electrons. The van der Waals surface area contributed by atoms with Gasteiger partial charge in [-0.3, -0.25) is 0 Å². The van der Waals surface area contributed by atoms with Crippen LogP contribution in [0.25, 0.3) is 0 Å². The molecular weight excluding hydrogens is 201 g/mol. The van der Waals surface area contributed by atoms with Crippen LogP contribution in [0.4, 0.5) is 10.1 Å². The van der Waals surface area contributed by atoms with Crippen molar-refractivity contribution in [2.24, 2.45) is 11.8 Å². The fourth-order valence-corrected chi connectivity index (χ4v) is 3.29. The zero-order chi connectivity index (χ0) is 11.3. The van der Waals surface area contributed by atoms with E-state index in [2.05, 4.69) is 18.9 Å². The second-order valence-corrected chi connectivity index (χ2v) is 5.39. The highest BCUT2D eigenvalue weighted by Crippen LogP contribution is 2.44. The Morgan fingerprint density at radius 1 is 1.31 bits per heavy atom. The Labute approximate surface area is 96.3 Å². The van der Waals surface area contributed by atoms with Gasteiger partial charge in [-0.15, -0.1) is 0 Å². The fourth-order valence-electron chi connectivity index (χ4n) is 3.29. The Kier molecular flexibility index (Phi) is 2.20. The van der Waals surface area contributed by atoms with Gasteiger partial charge in [-0.25, -0.2) is 4.39 Å². The van der Waals surface area contributed by atoms with E-state index in [-0.39, 0.29) is 5.82 Å². The van der Waals surface area contributed by atoms with Gasteiger partial charge in [-0.1, -0.05) is 6.92 Å². The summed E-state index contributed by atoms with van der Waals surface area (Å²) in [6, 6.07) is 5.88. The van der Waals surface area contributed by atoms with E-state index in [9.17, 15) is 4.39 Å². The van der Waals surface area contributed by atoms with E-state index >= 15 is 0 Å². The Morgan fingerprint density at radius 2 is 2.06 bits per heavy atom. The summed E-state index contributed by atoms with van der Waals surface area (Å²) in [6.07, 6.45) is 3.77. The van der Waals surface area contributed by atoms with E-state index in [1.165, 1.54) is 24.1 Å². The lowest BCUT2D eigenvalue weighted by molar-refractivity contribution is 0.380. The quantitative estimate of drug-likeness (QED) is 0.701. The maximum Gasteiger partial charge on any atom is 0.123 e. The van der Waals surface area contributed by atoms with Crippen LogP contribution in [-0.4, -0.2) is 13.1 Å². The van der Waals surface area contributed by atoms with E-state index in [1.807, 2.05) is 6.07 Å². The van der Waals surface area contributed by atoms with Gasteiger partial charge in [0, 0.05) is 18.8 Å². The minimum atomic E-state index is -0.107. The smallest absolute Gasteiger partial charge is 0.123 e. The molecule has 86 valence electrons. The minimum Gasteiger partial charge on any atom is -0.371 e. The number of rotatable bonds is 1. The predicted molar refractivity (Wildman–Crippen MR) is 64.2 cm³/mol. The second kappa shape index (κ2) is 3.47. The van der Waals surface area contributed by atoms with Crippen molar-refractivity contribution in [1.82, 2.24) is 0 Å². The zero-order valence-corrected chi connectivity index (χ0v) is 9.91. The van der Waals surface area contributed by atoms with Gasteiger partial charge in [0.25, 0.3) is 0 Å². The van der Waals surface area contributed by atoms with Gasteiger partial charge in [0.2, 0.25) is 0 Å². The third-order valence-corrected chi connectivity index (χ3v) is 4.10. The van der Waals surface area contributed by atoms with Crippen LogP contribution in [0.1, 0.15) is 25.3 Å². The molecule has 2 heteroatoms. The fraction of sp³-hybridized carbons (Fsp3) is 0.571. The molecule has 0 bridgehead atoms. The maximum absolute atomic E-state index is 13.2. The van der Waals surface area contributed by atoms with Crippen molar-refractivity contribution in [3.8, 4) is 0 Å². The topological polar surface area (TPSA) is 3.24 Å². The lowest BCUT2D eigenvalue weighted by Crippen LogP contribution is -2.43. The molecule has 3 rings (SSSR count). The number of benzene rings is 1. The molecule has 0 unspecified atom stereocenters. The molecule has 1 saturated carbocycles. The molecule has 2 aliphatic rings. The number of nitrogens with zero attached hydrogens (tertiary/aromatic N) is 1. The summed E-state index contributed by atoms with van der Waals surface area (Å²) >= 11 is 0. The molecule has 16 heavy (non-hydrogen) atoms. The molecule has 1 nitrogen and oxygen atoms in total. The van der Waals surface area contributed by atoms with Crippen LogP contribution in [0, 0.1) is 17.7 Å². The van der Waals surface area contributed by atoms with Crippen LogP contribution < -0.4 is 4.90 Å². The van der Waals surface area contributed by atoms with E-state index in [0.29, 0.717) is 12.0 Å². The van der Waals surface area contributed by atoms with Crippen LogP contribution in [0.3, 0.4) is 0 Å². The SMILES string of the molecule is C[C@@H]1Cc2cc(F)ccc2N(C)[C@H]1C1CC1. The van der Waals surface area contributed by atoms with Gasteiger partial charge in [0.1, 0.15) is 5.82 Å². The summed E-state index contributed by atoms with van der Waals surface area (Å²) in [5, 5.41) is 0. The Morgan fingerprint density at radius 3 is 2.75 bits per heavy atom. The first-order valence-corrected chi connectivity index (χ1v) is 6.18. The summed E-state index contributed by atoms with van der Waals surface area (Å²) < 4.78 is 13.2. The largest absolute Gasteiger partial charge is 0.371 e. The average Bonchev–Trinajstić information content (AvgIpc) is 3.01. The van der Waals surface area contributed by atoms with Crippen LogP contribution in [0.15, 0.2) is 18.2 Å². The molecular formula is C14H18FN. The maximum atomic E-state index is 13.2. The van der Waals surface area contributed by atoms with Gasteiger partial charge >= 0.3 is 0 Å². The summed E-state index contributed by atoms with van der Waals surface area (Å²) in [7, 11) is 2.16. The Bertz CT molecular complexity index is 411. The lowest BCUT2D eigenvalue weighted by Gasteiger charge is -2.40. The van der Waals surface area contributed by atoms with Crippen LogP contribution in [-0.2, 0) is 6.42 Å². The third kappa shape index (κ3) is 1.51. The van der Waals surface area contributed by atoms with Crippen molar-refractivity contribution in [2.75, 3.05) is 11.9 Å². The molecule has 1 fully saturated rings. The van der Waals surface area contributed by atoms with Crippen LogP contribution >= 0.6 is 0 Å². The first-order valence-electron chi connectivity index (χ1n) is 6.18. The van der Waals surface area contributed by atoms with E-state index in [1.54, 1.807) is 12.1 Å². The van der Waals surface area contributed by atoms with Crippen molar-refractivity contribution in [1.29, 1.82) is 0 Å². The summed E-state index contributed by atoms with van der Waals surface area (Å²) in [5.74, 6) is 1.41. The van der Waals surface area contributed by atoms with Gasteiger partial charge in [0.15, 0.2) is 0 Å². The molecule has 0 saturated heterocycles. The van der Waals surface area contributed by atoms with Gasteiger partial charge < -0.3 is 4.90 Å². The highest BCUT2D eigenvalue weighted by Gasteiger charge is 2.40. The number of anilines is 1. The van der Waals surface area contributed by atoms with Crippen LogP contribution in [0.5, 0.6) is 0 Å². The molecule has 0 amide bonds. The molecule has 0 spiro atoms. The van der Waals surface area contributed by atoms with Gasteiger partial charge in [0.05, 0.1) is 0 Å². The standard InChI is InChI=1S/C14H18FN/c1-9-7-11-8-12(15)5-6-13(11)16(2)14(9)10-3-4-10/h5-6,8-10,14H,3-4,7H2,1-2H3/t9-,14-/m1/s1. The number of fused-ring (bicyclic) bond motifs is 1. The molecule has 1 aliphatic carbocycles. The lowest BCUT2D eigenvalue weighted by atomic mass is 9.85. The second-order valence-electron chi connectivity index (χ2n) is 5.39. The molecule has 1 heterocycles. The van der Waals surface area contributed by atoms with Gasteiger partial charge in [-0.2, -0.15) is 0 Å². The first kappa shape index (κ1) is 10.1. The molecule has 0 aromatic heterocycles. The van der Waals surface area contributed by atoms with Crippen molar-refractivity contribution in [2.45, 2.75) is 32.2 Å². The predicted octanol–water partition coefficient (Wildman–Crippen LogP) is 3.23. The van der Waals surface area contributed by atoms with Crippen molar-refractivity contribution in [3.05, 3.63) is 29.6 Å². The average molecular weight is 219 g/mol. The van der Waals surface area contributed by atoms with Crippen molar-refractivity contribution < 1.29 is 4.39 Å². The summed E-state index contributed by atoms with van der Waals surface area (Å²) in [6.45, 7) is 2.30. The van der Waals surface area contributed by atoms with E-state index < -0.39 is 0 Å². The highest BCUT2D eigenvalue weighted by atomic mass is 19.1. The normalized spacial score (nSPS) is 29.1. The minimum absolute atomic E-state index is 0.107. The number of hydrogen-bond donors (Lipinski definition) is 0. The monoisotopic (exact) mass is 219 g/mol. The van der Waals surface area contributed by atoms with E-state index in [4.69, 9.17) is 0 Å². The van der Waals surface area contributed by atoms with Crippen molar-refractivity contribution >= 4 is 5.69 Å². The summed E-state index contributed by atoms with van der Waals surface area (Å²) in [4.78, 5) is 2.38. The summed E-state index contributed by atoms with van der Waals surface area (Å²) in [5.41, 5.74) is 2.41. The zero-order valence-electron chi connectivity index (χ0n) is 9.91. The molecule has 1 aromatic carbocycles. The molecule has 0 N–H and O–H groups in total. The van der Waals surface area contributed by atoms with Gasteiger partial charge in [-0.05, 0) is 54.9 Å². The van der Waals surface area contributed by atoms with E-state index in [0.717, 1.165) is 12.3 Å². The Hall–Kier alpha value is -1.05. The van der Waals surface area contributed by atoms with Crippen LogP contribution in [0.2, 0.25) is 0 Å². The number of halogens is 1.